The fraction of sp³-hybridized carbons (Fsp3) is 0.231. The first kappa shape index (κ1) is 11.0. The molecule has 0 aliphatic carbocycles. The van der Waals surface area contributed by atoms with E-state index in [2.05, 4.69) is 9.97 Å². The molecule has 5 heteroatoms. The summed E-state index contributed by atoms with van der Waals surface area (Å²) >= 11 is 0. The molecule has 92 valence electrons. The summed E-state index contributed by atoms with van der Waals surface area (Å²) in [6, 6.07) is 7.51. The summed E-state index contributed by atoms with van der Waals surface area (Å²) in [5, 5.41) is 19.6. The quantitative estimate of drug-likeness (QED) is 0.687. The number of para-hydroxylation sites is 1. The summed E-state index contributed by atoms with van der Waals surface area (Å²) in [4.78, 5) is 8.83. The Morgan fingerprint density at radius 3 is 2.83 bits per heavy atom. The molecule has 18 heavy (non-hydrogen) atoms. The molecule has 5 nitrogen and oxygen atoms in total. The van der Waals surface area contributed by atoms with Crippen LogP contribution in [0.3, 0.4) is 0 Å². The number of aromatic nitrogens is 3. The SMILES string of the molecule is OCCCc1nc2cn(O)c3ccccc3c-2n1. The molecule has 2 heterocycles. The van der Waals surface area contributed by atoms with Crippen molar-refractivity contribution in [3.63, 3.8) is 0 Å². The summed E-state index contributed by atoms with van der Waals surface area (Å²) in [6.07, 6.45) is 2.85. The van der Waals surface area contributed by atoms with Crippen LogP contribution in [0.2, 0.25) is 0 Å². The van der Waals surface area contributed by atoms with Crippen LogP contribution < -0.4 is 0 Å². The Bertz CT molecular complexity index is 663. The molecule has 0 aromatic heterocycles. The first-order valence-electron chi connectivity index (χ1n) is 5.86. The van der Waals surface area contributed by atoms with Gasteiger partial charge in [0.25, 0.3) is 0 Å². The molecule has 2 N–H and O–H groups in total. The van der Waals surface area contributed by atoms with Crippen molar-refractivity contribution in [1.29, 1.82) is 0 Å². The monoisotopic (exact) mass is 243 g/mol. The van der Waals surface area contributed by atoms with Gasteiger partial charge in [-0.2, -0.15) is 4.73 Å². The van der Waals surface area contributed by atoms with Gasteiger partial charge in [-0.1, -0.05) is 18.2 Å². The van der Waals surface area contributed by atoms with Crippen molar-refractivity contribution in [2.45, 2.75) is 12.8 Å². The van der Waals surface area contributed by atoms with Gasteiger partial charge in [0.2, 0.25) is 0 Å². The van der Waals surface area contributed by atoms with E-state index in [1.165, 1.54) is 0 Å². The minimum Gasteiger partial charge on any atom is -0.428 e. The van der Waals surface area contributed by atoms with Gasteiger partial charge in [0.1, 0.15) is 17.2 Å². The van der Waals surface area contributed by atoms with Gasteiger partial charge in [-0.05, 0) is 12.5 Å². The zero-order valence-corrected chi connectivity index (χ0v) is 9.74. The van der Waals surface area contributed by atoms with Crippen molar-refractivity contribution < 1.29 is 10.3 Å². The van der Waals surface area contributed by atoms with Crippen molar-refractivity contribution in [2.75, 3.05) is 6.61 Å². The summed E-state index contributed by atoms with van der Waals surface area (Å²) in [6.45, 7) is 0.131. The van der Waals surface area contributed by atoms with Crippen LogP contribution in [0.25, 0.3) is 22.3 Å². The lowest BCUT2D eigenvalue weighted by molar-refractivity contribution is 0.198. The Kier molecular flexibility index (Phi) is 2.60. The van der Waals surface area contributed by atoms with E-state index in [4.69, 9.17) is 5.11 Å². The normalized spacial score (nSPS) is 11.4. The van der Waals surface area contributed by atoms with E-state index < -0.39 is 0 Å². The molecule has 0 atom stereocenters. The minimum atomic E-state index is 0.131. The molecular weight excluding hydrogens is 230 g/mol. The van der Waals surface area contributed by atoms with Crippen molar-refractivity contribution >= 4 is 10.9 Å². The number of pyridine rings is 1. The zero-order valence-electron chi connectivity index (χ0n) is 9.74. The van der Waals surface area contributed by atoms with Crippen LogP contribution in [0.1, 0.15) is 12.2 Å². The first-order valence-corrected chi connectivity index (χ1v) is 5.86. The molecule has 1 aromatic carbocycles. The lowest BCUT2D eigenvalue weighted by Crippen LogP contribution is -1.97. The van der Waals surface area contributed by atoms with Crippen LogP contribution in [0.15, 0.2) is 30.5 Å². The lowest BCUT2D eigenvalue weighted by Gasteiger charge is -2.06. The second-order valence-corrected chi connectivity index (χ2v) is 4.19. The van der Waals surface area contributed by atoms with Gasteiger partial charge < -0.3 is 10.3 Å². The Morgan fingerprint density at radius 1 is 1.17 bits per heavy atom. The molecule has 1 aromatic rings. The largest absolute Gasteiger partial charge is 0.428 e. The van der Waals surface area contributed by atoms with E-state index in [9.17, 15) is 5.21 Å². The smallest absolute Gasteiger partial charge is 0.130 e. The third kappa shape index (κ3) is 1.69. The summed E-state index contributed by atoms with van der Waals surface area (Å²) in [7, 11) is 0. The van der Waals surface area contributed by atoms with Gasteiger partial charge in [-0.25, -0.2) is 9.97 Å². The fourth-order valence-corrected chi connectivity index (χ4v) is 2.10. The maximum Gasteiger partial charge on any atom is 0.130 e. The predicted octanol–water partition coefficient (Wildman–Crippen LogP) is 1.70. The van der Waals surface area contributed by atoms with Crippen molar-refractivity contribution in [2.24, 2.45) is 0 Å². The number of fused-ring (bicyclic) bond motifs is 3. The number of benzene rings is 1. The zero-order chi connectivity index (χ0) is 12.5. The van der Waals surface area contributed by atoms with Crippen molar-refractivity contribution in [3.05, 3.63) is 36.3 Å². The summed E-state index contributed by atoms with van der Waals surface area (Å²) < 4.78 is 1.07. The third-order valence-corrected chi connectivity index (χ3v) is 2.94. The lowest BCUT2D eigenvalue weighted by atomic mass is 10.1. The van der Waals surface area contributed by atoms with Crippen molar-refractivity contribution in [1.82, 2.24) is 14.7 Å². The van der Waals surface area contributed by atoms with Gasteiger partial charge in [-0.15, -0.1) is 0 Å². The molecule has 3 rings (SSSR count). The molecule has 0 radical (unpaired) electrons. The van der Waals surface area contributed by atoms with E-state index in [0.717, 1.165) is 15.8 Å². The minimum absolute atomic E-state index is 0.131. The average Bonchev–Trinajstić information content (AvgIpc) is 2.80. The predicted molar refractivity (Wildman–Crippen MR) is 66.7 cm³/mol. The van der Waals surface area contributed by atoms with Crippen LogP contribution >= 0.6 is 0 Å². The highest BCUT2D eigenvalue weighted by Gasteiger charge is 2.16. The number of aliphatic hydroxyl groups is 1. The summed E-state index contributed by atoms with van der Waals surface area (Å²) in [5.74, 6) is 0.704. The molecule has 0 saturated heterocycles. The highest BCUT2D eigenvalue weighted by Crippen LogP contribution is 2.28. The average molecular weight is 243 g/mol. The van der Waals surface area contributed by atoms with Gasteiger partial charge in [0, 0.05) is 18.4 Å². The first-order chi connectivity index (χ1) is 8.79. The maximum atomic E-state index is 9.86. The highest BCUT2D eigenvalue weighted by atomic mass is 16.5. The number of imidazole rings is 1. The van der Waals surface area contributed by atoms with Crippen LogP contribution in [-0.2, 0) is 6.42 Å². The maximum absolute atomic E-state index is 9.86. The molecule has 0 unspecified atom stereocenters. The van der Waals surface area contributed by atoms with Gasteiger partial charge in [0.15, 0.2) is 0 Å². The molecule has 0 fully saturated rings. The number of nitrogens with zero attached hydrogens (tertiary/aromatic N) is 3. The van der Waals surface area contributed by atoms with E-state index in [1.54, 1.807) is 6.20 Å². The molecule has 2 aliphatic heterocycles. The Hall–Kier alpha value is -2.14. The number of aliphatic hydroxyl groups excluding tert-OH is 1. The molecule has 0 bridgehead atoms. The number of rotatable bonds is 3. The van der Waals surface area contributed by atoms with Crippen molar-refractivity contribution in [3.8, 4) is 11.4 Å². The molecule has 0 spiro atoms. The number of aryl methyl sites for hydroxylation is 1. The van der Waals surface area contributed by atoms with Crippen LogP contribution in [0.5, 0.6) is 0 Å². The topological polar surface area (TPSA) is 71.2 Å². The van der Waals surface area contributed by atoms with E-state index in [0.29, 0.717) is 29.9 Å². The summed E-state index contributed by atoms with van der Waals surface area (Å²) in [5.41, 5.74) is 2.17. The second kappa shape index (κ2) is 4.27. The number of hydrogen-bond donors (Lipinski definition) is 2. The van der Waals surface area contributed by atoms with E-state index in [1.807, 2.05) is 24.3 Å². The van der Waals surface area contributed by atoms with Gasteiger partial charge >= 0.3 is 0 Å². The van der Waals surface area contributed by atoms with Gasteiger partial charge in [-0.3, -0.25) is 0 Å². The standard InChI is InChI=1S/C13H13N3O2/c17-7-3-6-12-14-10-8-16(18)11-5-2-1-4-9(11)13(10)15-12/h1-2,4-5,8,17-18H,3,6-7H2. The molecule has 0 saturated carbocycles. The number of hydrogen-bond acceptors (Lipinski definition) is 4. The van der Waals surface area contributed by atoms with Crippen LogP contribution in [0, 0.1) is 0 Å². The Labute approximate surface area is 104 Å². The molecule has 0 amide bonds. The van der Waals surface area contributed by atoms with Gasteiger partial charge in [0.05, 0.1) is 11.7 Å². The fourth-order valence-electron chi connectivity index (χ4n) is 2.10. The van der Waals surface area contributed by atoms with E-state index >= 15 is 0 Å². The molecule has 2 aliphatic rings. The second-order valence-electron chi connectivity index (χ2n) is 4.19. The third-order valence-electron chi connectivity index (χ3n) is 2.94. The van der Waals surface area contributed by atoms with Crippen LogP contribution in [-0.4, -0.2) is 31.6 Å². The van der Waals surface area contributed by atoms with E-state index in [-0.39, 0.29) is 6.61 Å². The Morgan fingerprint density at radius 2 is 2.00 bits per heavy atom. The Balaban J connectivity index is 2.20. The van der Waals surface area contributed by atoms with Crippen LogP contribution in [0.4, 0.5) is 0 Å². The highest BCUT2D eigenvalue weighted by molar-refractivity contribution is 5.92. The molecular formula is C13H13N3O2.